The van der Waals surface area contributed by atoms with Crippen molar-refractivity contribution in [2.45, 2.75) is 52.3 Å². The summed E-state index contributed by atoms with van der Waals surface area (Å²) in [5.41, 5.74) is -0.462. The van der Waals surface area contributed by atoms with E-state index in [1.165, 1.54) is 0 Å². The Labute approximate surface area is 143 Å². The van der Waals surface area contributed by atoms with Crippen molar-refractivity contribution in [1.29, 1.82) is 0 Å². The predicted octanol–water partition coefficient (Wildman–Crippen LogP) is 2.81. The van der Waals surface area contributed by atoms with E-state index in [-0.39, 0.29) is 6.09 Å². The van der Waals surface area contributed by atoms with Crippen LogP contribution < -0.4 is 5.32 Å². The molecule has 1 aromatic heterocycles. The van der Waals surface area contributed by atoms with Crippen molar-refractivity contribution in [1.82, 2.24) is 19.8 Å². The number of nitrogens with zero attached hydrogens (tertiary/aromatic N) is 3. The molecule has 2 heterocycles. The van der Waals surface area contributed by atoms with Gasteiger partial charge in [0.15, 0.2) is 0 Å². The molecular formula is C16H27ClN4O2. The highest BCUT2D eigenvalue weighted by molar-refractivity contribution is 6.29. The molecule has 0 aromatic carbocycles. The van der Waals surface area contributed by atoms with Gasteiger partial charge in [0.2, 0.25) is 0 Å². The molecule has 0 aliphatic carbocycles. The van der Waals surface area contributed by atoms with E-state index < -0.39 is 5.60 Å². The molecule has 1 aliphatic rings. The average Bonchev–Trinajstić information content (AvgIpc) is 2.92. The maximum atomic E-state index is 11.7. The Morgan fingerprint density at radius 3 is 2.78 bits per heavy atom. The average molecular weight is 343 g/mol. The Morgan fingerprint density at radius 1 is 1.52 bits per heavy atom. The van der Waals surface area contributed by atoms with E-state index in [9.17, 15) is 4.79 Å². The van der Waals surface area contributed by atoms with E-state index in [0.29, 0.717) is 23.7 Å². The summed E-state index contributed by atoms with van der Waals surface area (Å²) in [7, 11) is 1.92. The van der Waals surface area contributed by atoms with Crippen LogP contribution in [0.2, 0.25) is 5.15 Å². The Balaban J connectivity index is 1.82. The maximum absolute atomic E-state index is 11.7. The van der Waals surface area contributed by atoms with Crippen LogP contribution in [0.15, 0.2) is 6.20 Å². The highest BCUT2D eigenvalue weighted by Crippen LogP contribution is 2.24. The Hall–Kier alpha value is -1.27. The normalized spacial score (nSPS) is 22.3. The quantitative estimate of drug-likeness (QED) is 0.914. The van der Waals surface area contributed by atoms with E-state index in [1.54, 1.807) is 6.20 Å². The highest BCUT2D eigenvalue weighted by atomic mass is 35.5. The molecule has 1 amide bonds. The zero-order valence-electron chi connectivity index (χ0n) is 14.6. The number of ether oxygens (including phenoxy) is 1. The van der Waals surface area contributed by atoms with Crippen LogP contribution >= 0.6 is 11.6 Å². The number of hydrogen-bond acceptors (Lipinski definition) is 4. The summed E-state index contributed by atoms with van der Waals surface area (Å²) in [6.07, 6.45) is 2.38. The lowest BCUT2D eigenvalue weighted by Gasteiger charge is -2.21. The first kappa shape index (κ1) is 18.1. The first-order valence-electron chi connectivity index (χ1n) is 8.02. The van der Waals surface area contributed by atoms with E-state index in [1.807, 2.05) is 32.4 Å². The lowest BCUT2D eigenvalue weighted by atomic mass is 10.1. The van der Waals surface area contributed by atoms with Crippen molar-refractivity contribution in [2.75, 3.05) is 13.1 Å². The van der Waals surface area contributed by atoms with Gasteiger partial charge >= 0.3 is 6.09 Å². The smallest absolute Gasteiger partial charge is 0.407 e. The number of imidazole rings is 1. The summed E-state index contributed by atoms with van der Waals surface area (Å²) in [6.45, 7) is 10.1. The minimum Gasteiger partial charge on any atom is -0.444 e. The number of rotatable bonds is 4. The van der Waals surface area contributed by atoms with Crippen LogP contribution in [0.25, 0.3) is 0 Å². The Morgan fingerprint density at radius 2 is 2.22 bits per heavy atom. The number of nitrogens with one attached hydrogen (secondary N) is 1. The number of alkyl carbamates (subject to hydrolysis) is 1. The van der Waals surface area contributed by atoms with E-state index in [0.717, 1.165) is 25.3 Å². The Kier molecular flexibility index (Phi) is 5.57. The molecule has 0 bridgehead atoms. The summed E-state index contributed by atoms with van der Waals surface area (Å²) in [4.78, 5) is 18.5. The van der Waals surface area contributed by atoms with Gasteiger partial charge in [0.1, 0.15) is 16.6 Å². The first-order valence-corrected chi connectivity index (χ1v) is 8.40. The fraction of sp³-hybridized carbons (Fsp3) is 0.750. The fourth-order valence-electron chi connectivity index (χ4n) is 2.88. The molecule has 2 atom stereocenters. The zero-order valence-corrected chi connectivity index (χ0v) is 15.4. The Bertz CT molecular complexity index is 553. The van der Waals surface area contributed by atoms with Crippen molar-refractivity contribution in [3.8, 4) is 0 Å². The van der Waals surface area contributed by atoms with Crippen LogP contribution in [0.5, 0.6) is 0 Å². The van der Waals surface area contributed by atoms with Crippen LogP contribution in [0.4, 0.5) is 4.79 Å². The number of likely N-dealkylation sites (tertiary alicyclic amines) is 1. The molecule has 6 nitrogen and oxygen atoms in total. The second kappa shape index (κ2) is 7.09. The lowest BCUT2D eigenvalue weighted by Crippen LogP contribution is -2.36. The van der Waals surface area contributed by atoms with Crippen molar-refractivity contribution in [3.05, 3.63) is 17.2 Å². The van der Waals surface area contributed by atoms with E-state index in [2.05, 4.69) is 22.1 Å². The molecule has 1 N–H and O–H groups in total. The monoisotopic (exact) mass is 342 g/mol. The van der Waals surface area contributed by atoms with Gasteiger partial charge in [0.05, 0.1) is 12.7 Å². The molecule has 0 spiro atoms. The van der Waals surface area contributed by atoms with Gasteiger partial charge in [0.25, 0.3) is 0 Å². The van der Waals surface area contributed by atoms with Crippen LogP contribution in [0.1, 0.15) is 39.9 Å². The molecule has 2 rings (SSSR count). The van der Waals surface area contributed by atoms with E-state index >= 15 is 0 Å². The van der Waals surface area contributed by atoms with Gasteiger partial charge in [-0.3, -0.25) is 4.90 Å². The van der Waals surface area contributed by atoms with Gasteiger partial charge in [-0.15, -0.1) is 0 Å². The first-order chi connectivity index (χ1) is 10.7. The topological polar surface area (TPSA) is 59.4 Å². The molecule has 0 unspecified atom stereocenters. The van der Waals surface area contributed by atoms with Crippen molar-refractivity contribution in [3.63, 3.8) is 0 Å². The molecule has 1 aromatic rings. The molecule has 7 heteroatoms. The molecule has 0 saturated carbocycles. The second-order valence-corrected chi connectivity index (χ2v) is 7.71. The summed E-state index contributed by atoms with van der Waals surface area (Å²) >= 11 is 6.04. The van der Waals surface area contributed by atoms with Crippen LogP contribution in [-0.2, 0) is 18.3 Å². The predicted molar refractivity (Wildman–Crippen MR) is 90.4 cm³/mol. The van der Waals surface area contributed by atoms with Gasteiger partial charge in [-0.1, -0.05) is 11.6 Å². The molecule has 0 radical (unpaired) electrons. The lowest BCUT2D eigenvalue weighted by molar-refractivity contribution is 0.0519. The number of hydrogen-bond donors (Lipinski definition) is 1. The summed E-state index contributed by atoms with van der Waals surface area (Å²) in [6, 6.07) is 0.455. The van der Waals surface area contributed by atoms with Crippen LogP contribution in [0, 0.1) is 5.92 Å². The summed E-state index contributed by atoms with van der Waals surface area (Å²) < 4.78 is 7.18. The summed E-state index contributed by atoms with van der Waals surface area (Å²) in [5.74, 6) is 1.39. The molecule has 1 aliphatic heterocycles. The minimum atomic E-state index is -0.462. The van der Waals surface area contributed by atoms with Crippen molar-refractivity contribution < 1.29 is 9.53 Å². The number of amides is 1. The van der Waals surface area contributed by atoms with Crippen molar-refractivity contribution >= 4 is 17.7 Å². The fourth-order valence-corrected chi connectivity index (χ4v) is 3.03. The van der Waals surface area contributed by atoms with E-state index in [4.69, 9.17) is 16.3 Å². The van der Waals surface area contributed by atoms with Crippen LogP contribution in [0.3, 0.4) is 0 Å². The van der Waals surface area contributed by atoms with Gasteiger partial charge < -0.3 is 14.6 Å². The second-order valence-electron chi connectivity index (χ2n) is 7.32. The molecular weight excluding hydrogens is 316 g/mol. The molecule has 23 heavy (non-hydrogen) atoms. The van der Waals surface area contributed by atoms with Gasteiger partial charge in [-0.05, 0) is 40.0 Å². The van der Waals surface area contributed by atoms with Gasteiger partial charge in [-0.25, -0.2) is 9.78 Å². The van der Waals surface area contributed by atoms with Gasteiger partial charge in [-0.2, -0.15) is 0 Å². The third-order valence-electron chi connectivity index (χ3n) is 4.10. The minimum absolute atomic E-state index is 0.348. The zero-order chi connectivity index (χ0) is 17.2. The maximum Gasteiger partial charge on any atom is 0.407 e. The summed E-state index contributed by atoms with van der Waals surface area (Å²) in [5, 5.41) is 3.52. The SMILES string of the molecule is C[C@H]1C[C@H](CNC(=O)OC(C)(C)C)CN1Cc1ncc(Cl)n1C. The van der Waals surface area contributed by atoms with Crippen molar-refractivity contribution in [2.24, 2.45) is 13.0 Å². The highest BCUT2D eigenvalue weighted by Gasteiger charge is 2.30. The van der Waals surface area contributed by atoms with Gasteiger partial charge in [0, 0.05) is 26.2 Å². The molecule has 1 saturated heterocycles. The number of aromatic nitrogens is 2. The standard InChI is InChI=1S/C16H27ClN4O2/c1-11-6-12(7-19-15(22)23-16(2,3)4)9-21(11)10-14-18-8-13(17)20(14)5/h8,11-12H,6-7,9-10H2,1-5H3,(H,19,22)/t11-,12+/m0/s1. The number of carbonyl (C=O) groups excluding carboxylic acids is 1. The number of carbonyl (C=O) groups is 1. The van der Waals surface area contributed by atoms with Crippen LogP contribution in [-0.4, -0.2) is 45.3 Å². The third-order valence-corrected chi connectivity index (χ3v) is 4.45. The molecule has 1 fully saturated rings. The largest absolute Gasteiger partial charge is 0.444 e. The third kappa shape index (κ3) is 5.11. The molecule has 130 valence electrons. The number of halogens is 1.